The third kappa shape index (κ3) is 5.21. The van der Waals surface area contributed by atoms with Gasteiger partial charge in [0.05, 0.1) is 10.5 Å². The summed E-state index contributed by atoms with van der Waals surface area (Å²) in [5.41, 5.74) is 1.42. The number of rotatable bonds is 10. The lowest BCUT2D eigenvalue weighted by Crippen LogP contribution is -2.32. The van der Waals surface area contributed by atoms with E-state index in [2.05, 4.69) is 20.8 Å². The molecule has 1 heterocycles. The molecule has 0 saturated carbocycles. The van der Waals surface area contributed by atoms with Gasteiger partial charge in [0.1, 0.15) is 0 Å². The summed E-state index contributed by atoms with van der Waals surface area (Å²) in [4.78, 5) is 27.8. The molecule has 0 bridgehead atoms. The van der Waals surface area contributed by atoms with Gasteiger partial charge in [-0.25, -0.2) is 0 Å². The van der Waals surface area contributed by atoms with Crippen LogP contribution in [0.5, 0.6) is 0 Å². The van der Waals surface area contributed by atoms with E-state index in [1.165, 1.54) is 42.3 Å². The van der Waals surface area contributed by atoms with Gasteiger partial charge in [-0.15, -0.1) is 11.8 Å². The molecule has 0 aromatic heterocycles. The zero-order chi connectivity index (χ0) is 18.2. The maximum atomic E-state index is 12.9. The monoisotopic (exact) mass is 359 g/mol. The van der Waals surface area contributed by atoms with Crippen LogP contribution in [0.1, 0.15) is 64.9 Å². The van der Waals surface area contributed by atoms with Gasteiger partial charge in [0, 0.05) is 11.8 Å². The van der Waals surface area contributed by atoms with E-state index in [0.29, 0.717) is 17.0 Å². The van der Waals surface area contributed by atoms with Crippen molar-refractivity contribution in [3.63, 3.8) is 0 Å². The Balaban J connectivity index is 2.09. The van der Waals surface area contributed by atoms with Gasteiger partial charge in [-0.05, 0) is 12.0 Å². The Morgan fingerprint density at radius 1 is 0.920 bits per heavy atom. The molecule has 0 radical (unpaired) electrons. The molecule has 0 fully saturated rings. The van der Waals surface area contributed by atoms with Gasteiger partial charge in [-0.1, -0.05) is 83.2 Å². The minimum Gasteiger partial charge on any atom is -0.274 e. The molecule has 0 atom stereocenters. The summed E-state index contributed by atoms with van der Waals surface area (Å²) >= 11 is 1.50. The van der Waals surface area contributed by atoms with Gasteiger partial charge in [-0.3, -0.25) is 14.5 Å². The van der Waals surface area contributed by atoms with Crippen molar-refractivity contribution in [2.24, 2.45) is 0 Å². The standard InChI is InChI=1S/C21H29NO2S/c1-4-5-6-7-8-12-15-22-20(23)18(17-13-10-9-11-14-17)19(21(22)24)25-16(2)3/h9-11,13-14,16H,4-8,12,15H2,1-3H3. The quantitative estimate of drug-likeness (QED) is 0.422. The number of carbonyl (C=O) groups excluding carboxylic acids is 2. The van der Waals surface area contributed by atoms with Gasteiger partial charge in [0.2, 0.25) is 0 Å². The third-order valence-corrected chi connectivity index (χ3v) is 5.36. The van der Waals surface area contributed by atoms with Crippen LogP contribution in [0.25, 0.3) is 5.57 Å². The first-order chi connectivity index (χ1) is 12.1. The van der Waals surface area contributed by atoms with Crippen LogP contribution in [0, 0.1) is 0 Å². The number of thioether (sulfide) groups is 1. The van der Waals surface area contributed by atoms with Crippen LogP contribution in [0.15, 0.2) is 35.2 Å². The van der Waals surface area contributed by atoms with E-state index in [1.54, 1.807) is 0 Å². The second kappa shape index (κ2) is 9.81. The van der Waals surface area contributed by atoms with E-state index in [1.807, 2.05) is 30.3 Å². The molecular formula is C21H29NO2S. The smallest absolute Gasteiger partial charge is 0.267 e. The Labute approximate surface area is 155 Å². The molecular weight excluding hydrogens is 330 g/mol. The summed E-state index contributed by atoms with van der Waals surface area (Å²) in [6, 6.07) is 9.57. The lowest BCUT2D eigenvalue weighted by atomic mass is 10.1. The fourth-order valence-electron chi connectivity index (χ4n) is 3.01. The molecule has 1 aromatic carbocycles. The first-order valence-electron chi connectivity index (χ1n) is 9.38. The molecule has 2 rings (SSSR count). The predicted octanol–water partition coefficient (Wildman–Crippen LogP) is 5.27. The highest BCUT2D eigenvalue weighted by molar-refractivity contribution is 8.04. The zero-order valence-corrected chi connectivity index (χ0v) is 16.4. The van der Waals surface area contributed by atoms with E-state index in [0.717, 1.165) is 18.4 Å². The summed E-state index contributed by atoms with van der Waals surface area (Å²) in [6.45, 7) is 6.83. The Bertz CT molecular complexity index is 622. The molecule has 2 amide bonds. The summed E-state index contributed by atoms with van der Waals surface area (Å²) in [5, 5.41) is 0.263. The average Bonchev–Trinajstić information content (AvgIpc) is 2.82. The lowest BCUT2D eigenvalue weighted by molar-refractivity contribution is -0.136. The molecule has 1 aromatic rings. The highest BCUT2D eigenvalue weighted by atomic mass is 32.2. The average molecular weight is 360 g/mol. The number of imide groups is 1. The fraction of sp³-hybridized carbons (Fsp3) is 0.524. The lowest BCUT2D eigenvalue weighted by Gasteiger charge is -2.15. The fourth-order valence-corrected chi connectivity index (χ4v) is 4.02. The third-order valence-electron chi connectivity index (χ3n) is 4.28. The first-order valence-corrected chi connectivity index (χ1v) is 10.3. The van der Waals surface area contributed by atoms with Crippen LogP contribution in [0.2, 0.25) is 0 Å². The first kappa shape index (κ1) is 19.8. The van der Waals surface area contributed by atoms with Crippen molar-refractivity contribution in [1.29, 1.82) is 0 Å². The van der Waals surface area contributed by atoms with Gasteiger partial charge in [0.15, 0.2) is 0 Å². The van der Waals surface area contributed by atoms with Gasteiger partial charge >= 0.3 is 0 Å². The molecule has 136 valence electrons. The summed E-state index contributed by atoms with van der Waals surface area (Å²) in [6.07, 6.45) is 6.87. The van der Waals surface area contributed by atoms with E-state index < -0.39 is 0 Å². The number of amides is 2. The van der Waals surface area contributed by atoms with Crippen molar-refractivity contribution in [3.05, 3.63) is 40.8 Å². The number of hydrogen-bond acceptors (Lipinski definition) is 3. The number of unbranched alkanes of at least 4 members (excludes halogenated alkanes) is 5. The number of nitrogens with zero attached hydrogens (tertiary/aromatic N) is 1. The van der Waals surface area contributed by atoms with Crippen molar-refractivity contribution >= 4 is 29.1 Å². The van der Waals surface area contributed by atoms with Crippen molar-refractivity contribution in [1.82, 2.24) is 4.90 Å². The van der Waals surface area contributed by atoms with Gasteiger partial charge < -0.3 is 0 Å². The predicted molar refractivity (Wildman–Crippen MR) is 106 cm³/mol. The highest BCUT2D eigenvalue weighted by Gasteiger charge is 2.38. The van der Waals surface area contributed by atoms with Crippen molar-refractivity contribution in [2.75, 3.05) is 6.54 Å². The van der Waals surface area contributed by atoms with Crippen LogP contribution in [0.3, 0.4) is 0 Å². The van der Waals surface area contributed by atoms with Crippen LogP contribution in [0.4, 0.5) is 0 Å². The maximum Gasteiger partial charge on any atom is 0.267 e. The maximum absolute atomic E-state index is 12.9. The zero-order valence-electron chi connectivity index (χ0n) is 15.6. The molecule has 3 nitrogen and oxygen atoms in total. The Kier molecular flexibility index (Phi) is 7.76. The number of hydrogen-bond donors (Lipinski definition) is 0. The van der Waals surface area contributed by atoms with Crippen molar-refractivity contribution in [3.8, 4) is 0 Å². The van der Waals surface area contributed by atoms with Gasteiger partial charge in [-0.2, -0.15) is 0 Å². The summed E-state index contributed by atoms with van der Waals surface area (Å²) < 4.78 is 0. The Morgan fingerprint density at radius 2 is 1.56 bits per heavy atom. The SMILES string of the molecule is CCCCCCCCN1C(=O)C(SC(C)C)=C(c2ccccc2)C1=O. The summed E-state index contributed by atoms with van der Waals surface area (Å²) in [5.74, 6) is -0.246. The minimum absolute atomic E-state index is 0.115. The normalized spacial score (nSPS) is 15.0. The van der Waals surface area contributed by atoms with Crippen LogP contribution >= 0.6 is 11.8 Å². The molecule has 0 N–H and O–H groups in total. The van der Waals surface area contributed by atoms with E-state index in [-0.39, 0.29) is 17.1 Å². The number of benzene rings is 1. The highest BCUT2D eigenvalue weighted by Crippen LogP contribution is 2.37. The van der Waals surface area contributed by atoms with E-state index >= 15 is 0 Å². The molecule has 0 spiro atoms. The Morgan fingerprint density at radius 3 is 2.20 bits per heavy atom. The van der Waals surface area contributed by atoms with Gasteiger partial charge in [0.25, 0.3) is 11.8 Å². The largest absolute Gasteiger partial charge is 0.274 e. The van der Waals surface area contributed by atoms with Crippen LogP contribution in [-0.4, -0.2) is 28.5 Å². The van der Waals surface area contributed by atoms with Crippen molar-refractivity contribution in [2.45, 2.75) is 64.5 Å². The molecule has 0 saturated heterocycles. The number of carbonyl (C=O) groups is 2. The molecule has 25 heavy (non-hydrogen) atoms. The van der Waals surface area contributed by atoms with Crippen LogP contribution < -0.4 is 0 Å². The Hall–Kier alpha value is -1.55. The second-order valence-corrected chi connectivity index (χ2v) is 8.35. The second-order valence-electron chi connectivity index (χ2n) is 6.77. The van der Waals surface area contributed by atoms with E-state index in [4.69, 9.17) is 0 Å². The summed E-state index contributed by atoms with van der Waals surface area (Å²) in [7, 11) is 0. The van der Waals surface area contributed by atoms with E-state index in [9.17, 15) is 9.59 Å². The molecule has 0 unspecified atom stereocenters. The molecule has 1 aliphatic heterocycles. The molecule has 1 aliphatic rings. The van der Waals surface area contributed by atoms with Crippen LogP contribution in [-0.2, 0) is 9.59 Å². The topological polar surface area (TPSA) is 37.4 Å². The molecule has 0 aliphatic carbocycles. The molecule has 4 heteroatoms. The van der Waals surface area contributed by atoms with Crippen molar-refractivity contribution < 1.29 is 9.59 Å². The minimum atomic E-state index is -0.132.